The molecule has 2 N–H and O–H groups in total. The Labute approximate surface area is 162 Å². The van der Waals surface area contributed by atoms with E-state index in [0.29, 0.717) is 11.2 Å². The molecule has 9 heteroatoms. The lowest BCUT2D eigenvalue weighted by Gasteiger charge is -2.09. The predicted octanol–water partition coefficient (Wildman–Crippen LogP) is 4.44. The van der Waals surface area contributed by atoms with E-state index in [1.54, 1.807) is 24.4 Å². The molecule has 0 fully saturated rings. The fraction of sp³-hybridized carbons (Fsp3) is 0. The van der Waals surface area contributed by atoms with Gasteiger partial charge in [0.05, 0.1) is 16.9 Å². The topological polar surface area (TPSA) is 79.8 Å². The van der Waals surface area contributed by atoms with Crippen molar-refractivity contribution in [3.63, 3.8) is 0 Å². The molecule has 6 nitrogen and oxygen atoms in total. The summed E-state index contributed by atoms with van der Waals surface area (Å²) < 4.78 is 40.0. The first-order valence-electron chi connectivity index (χ1n) is 8.42. The SMILES string of the molecule is O=C(Nc1cccc2cccnc12)c1ccc(Nc2ccc(F)c(F)c2F)nn1. The normalized spacial score (nSPS) is 10.7. The number of hydrogen-bond donors (Lipinski definition) is 2. The van der Waals surface area contributed by atoms with Gasteiger partial charge < -0.3 is 10.6 Å². The maximum atomic E-state index is 13.7. The molecule has 0 saturated heterocycles. The minimum absolute atomic E-state index is 0.00856. The van der Waals surface area contributed by atoms with Crippen LogP contribution in [-0.4, -0.2) is 21.1 Å². The molecule has 0 atom stereocenters. The van der Waals surface area contributed by atoms with Crippen molar-refractivity contribution in [1.29, 1.82) is 0 Å². The number of nitrogens with one attached hydrogen (secondary N) is 2. The number of rotatable bonds is 4. The van der Waals surface area contributed by atoms with Crippen LogP contribution in [0.5, 0.6) is 0 Å². The van der Waals surface area contributed by atoms with Gasteiger partial charge in [-0.2, -0.15) is 0 Å². The van der Waals surface area contributed by atoms with Crippen LogP contribution in [0.2, 0.25) is 0 Å². The third-order valence-electron chi connectivity index (χ3n) is 4.08. The van der Waals surface area contributed by atoms with Gasteiger partial charge in [0.25, 0.3) is 5.91 Å². The molecule has 2 aromatic carbocycles. The van der Waals surface area contributed by atoms with E-state index in [4.69, 9.17) is 0 Å². The summed E-state index contributed by atoms with van der Waals surface area (Å²) in [5.74, 6) is -4.73. The van der Waals surface area contributed by atoms with E-state index < -0.39 is 23.4 Å². The molecule has 1 amide bonds. The van der Waals surface area contributed by atoms with Gasteiger partial charge in [0.2, 0.25) is 0 Å². The summed E-state index contributed by atoms with van der Waals surface area (Å²) in [6.45, 7) is 0. The summed E-state index contributed by atoms with van der Waals surface area (Å²) >= 11 is 0. The molecule has 2 aromatic heterocycles. The Kier molecular flexibility index (Phi) is 4.78. The first kappa shape index (κ1) is 18.4. The van der Waals surface area contributed by atoms with Gasteiger partial charge in [-0.3, -0.25) is 9.78 Å². The van der Waals surface area contributed by atoms with E-state index in [1.165, 1.54) is 12.1 Å². The highest BCUT2D eigenvalue weighted by Gasteiger charge is 2.15. The largest absolute Gasteiger partial charge is 0.336 e. The first-order chi connectivity index (χ1) is 14.0. The van der Waals surface area contributed by atoms with Gasteiger partial charge in [0, 0.05) is 11.6 Å². The maximum absolute atomic E-state index is 13.7. The summed E-state index contributed by atoms with van der Waals surface area (Å²) in [6, 6.07) is 13.6. The minimum Gasteiger partial charge on any atom is -0.336 e. The number of amides is 1. The zero-order chi connectivity index (χ0) is 20.4. The number of nitrogens with zero attached hydrogens (tertiary/aromatic N) is 3. The lowest BCUT2D eigenvalue weighted by Crippen LogP contribution is -2.15. The van der Waals surface area contributed by atoms with Gasteiger partial charge in [0.1, 0.15) is 0 Å². The average molecular weight is 395 g/mol. The predicted molar refractivity (Wildman–Crippen MR) is 101 cm³/mol. The Morgan fingerprint density at radius 1 is 0.828 bits per heavy atom. The van der Waals surface area contributed by atoms with Gasteiger partial charge in [-0.1, -0.05) is 18.2 Å². The molecule has 0 saturated carbocycles. The summed E-state index contributed by atoms with van der Waals surface area (Å²) in [4.78, 5) is 16.7. The van der Waals surface area contributed by atoms with Crippen molar-refractivity contribution >= 4 is 34.0 Å². The van der Waals surface area contributed by atoms with Crippen molar-refractivity contribution in [2.24, 2.45) is 0 Å². The zero-order valence-corrected chi connectivity index (χ0v) is 14.7. The average Bonchev–Trinajstić information content (AvgIpc) is 2.75. The van der Waals surface area contributed by atoms with E-state index in [2.05, 4.69) is 25.8 Å². The molecule has 29 heavy (non-hydrogen) atoms. The molecule has 0 aliphatic carbocycles. The quantitative estimate of drug-likeness (QED) is 0.500. The van der Waals surface area contributed by atoms with Crippen LogP contribution in [0.4, 0.5) is 30.4 Å². The van der Waals surface area contributed by atoms with Crippen molar-refractivity contribution < 1.29 is 18.0 Å². The fourth-order valence-corrected chi connectivity index (χ4v) is 2.67. The van der Waals surface area contributed by atoms with Crippen molar-refractivity contribution in [2.75, 3.05) is 10.6 Å². The molecular formula is C20H12F3N5O. The molecular weight excluding hydrogens is 383 g/mol. The third kappa shape index (κ3) is 3.70. The monoisotopic (exact) mass is 395 g/mol. The summed E-state index contributed by atoms with van der Waals surface area (Å²) in [7, 11) is 0. The number of anilines is 3. The summed E-state index contributed by atoms with van der Waals surface area (Å²) in [6.07, 6.45) is 1.62. The lowest BCUT2D eigenvalue weighted by atomic mass is 10.2. The van der Waals surface area contributed by atoms with Crippen molar-refractivity contribution in [2.45, 2.75) is 0 Å². The van der Waals surface area contributed by atoms with Crippen LogP contribution in [-0.2, 0) is 0 Å². The summed E-state index contributed by atoms with van der Waals surface area (Å²) in [5.41, 5.74) is 0.843. The second-order valence-electron chi connectivity index (χ2n) is 5.99. The Morgan fingerprint density at radius 3 is 2.45 bits per heavy atom. The van der Waals surface area contributed by atoms with E-state index in [0.717, 1.165) is 17.5 Å². The van der Waals surface area contributed by atoms with Gasteiger partial charge in [-0.05, 0) is 36.4 Å². The number of para-hydroxylation sites is 1. The molecule has 0 radical (unpaired) electrons. The van der Waals surface area contributed by atoms with Crippen LogP contribution in [0.1, 0.15) is 10.5 Å². The van der Waals surface area contributed by atoms with E-state index in [-0.39, 0.29) is 17.2 Å². The standard InChI is InChI=1S/C20H12F3N5O/c21-12-6-7-13(18(23)17(12)22)25-16-9-8-15(27-28-16)20(29)26-14-5-1-3-11-4-2-10-24-19(11)14/h1-10H,(H,25,28)(H,26,29). The van der Waals surface area contributed by atoms with Crippen molar-refractivity contribution in [3.8, 4) is 0 Å². The number of carbonyl (C=O) groups excluding carboxylic acids is 1. The van der Waals surface area contributed by atoms with Crippen molar-refractivity contribution in [3.05, 3.63) is 83.9 Å². The number of hydrogen-bond acceptors (Lipinski definition) is 5. The van der Waals surface area contributed by atoms with Crippen LogP contribution in [0.25, 0.3) is 10.9 Å². The number of carbonyl (C=O) groups is 1. The van der Waals surface area contributed by atoms with E-state index in [1.807, 2.05) is 12.1 Å². The lowest BCUT2D eigenvalue weighted by molar-refractivity contribution is 0.102. The maximum Gasteiger partial charge on any atom is 0.276 e. The molecule has 4 rings (SSSR count). The molecule has 0 bridgehead atoms. The molecule has 0 spiro atoms. The van der Waals surface area contributed by atoms with E-state index >= 15 is 0 Å². The zero-order valence-electron chi connectivity index (χ0n) is 14.7. The first-order valence-corrected chi connectivity index (χ1v) is 8.42. The number of halogens is 3. The highest BCUT2D eigenvalue weighted by atomic mass is 19.2. The number of benzene rings is 2. The highest BCUT2D eigenvalue weighted by Crippen LogP contribution is 2.23. The molecule has 0 aliphatic heterocycles. The number of aromatic nitrogens is 3. The molecule has 4 aromatic rings. The number of pyridine rings is 1. The minimum atomic E-state index is -1.59. The Balaban J connectivity index is 1.52. The van der Waals surface area contributed by atoms with Crippen LogP contribution in [0.3, 0.4) is 0 Å². The van der Waals surface area contributed by atoms with Gasteiger partial charge in [-0.15, -0.1) is 10.2 Å². The fourth-order valence-electron chi connectivity index (χ4n) is 2.67. The van der Waals surface area contributed by atoms with Crippen LogP contribution >= 0.6 is 0 Å². The summed E-state index contributed by atoms with van der Waals surface area (Å²) in [5, 5.41) is 13.6. The Hall–Kier alpha value is -4.01. The van der Waals surface area contributed by atoms with Gasteiger partial charge >= 0.3 is 0 Å². The Morgan fingerprint density at radius 2 is 1.66 bits per heavy atom. The smallest absolute Gasteiger partial charge is 0.276 e. The van der Waals surface area contributed by atoms with Crippen molar-refractivity contribution in [1.82, 2.24) is 15.2 Å². The highest BCUT2D eigenvalue weighted by molar-refractivity contribution is 6.07. The van der Waals surface area contributed by atoms with Crippen LogP contribution in [0, 0.1) is 17.5 Å². The second-order valence-corrected chi connectivity index (χ2v) is 5.99. The molecule has 0 unspecified atom stereocenters. The third-order valence-corrected chi connectivity index (χ3v) is 4.08. The molecule has 144 valence electrons. The molecule has 0 aliphatic rings. The Bertz CT molecular complexity index is 1210. The van der Waals surface area contributed by atoms with Gasteiger partial charge in [-0.25, -0.2) is 13.2 Å². The second kappa shape index (κ2) is 7.55. The van der Waals surface area contributed by atoms with Crippen LogP contribution in [0.15, 0.2) is 60.8 Å². The van der Waals surface area contributed by atoms with Crippen LogP contribution < -0.4 is 10.6 Å². The molecule has 2 heterocycles. The van der Waals surface area contributed by atoms with Gasteiger partial charge in [0.15, 0.2) is 29.0 Å². The number of fused-ring (bicyclic) bond motifs is 1. The van der Waals surface area contributed by atoms with E-state index in [9.17, 15) is 18.0 Å².